The lowest BCUT2D eigenvalue weighted by atomic mass is 10.2. The molecule has 6 aromatic rings. The molecule has 2 N–H and O–H groups in total. The van der Waals surface area contributed by atoms with Crippen molar-refractivity contribution in [1.82, 2.24) is 0 Å². The largest absolute Gasteiger partial charge is 0.456 e. The van der Waals surface area contributed by atoms with E-state index in [0.29, 0.717) is 73.0 Å². The first kappa shape index (κ1) is 133. The van der Waals surface area contributed by atoms with Crippen molar-refractivity contribution in [2.24, 2.45) is 0 Å². The molecule has 6 rings (SSSR count). The molecule has 131 heavy (non-hydrogen) atoms. The first-order chi connectivity index (χ1) is 63.0. The second kappa shape index (κ2) is 89.5. The highest BCUT2D eigenvalue weighted by Gasteiger charge is 2.29. The van der Waals surface area contributed by atoms with Crippen molar-refractivity contribution in [1.29, 1.82) is 0 Å². The summed E-state index contributed by atoms with van der Waals surface area (Å²) in [6, 6.07) is 55.1. The molecule has 0 radical (unpaired) electrons. The fourth-order valence-electron chi connectivity index (χ4n) is 14.2. The fraction of sp³-hybridized carbons (Fsp3) is 0.607. The van der Waals surface area contributed by atoms with Crippen LogP contribution in [0.5, 0.6) is 0 Å². The highest BCUT2D eigenvalue weighted by atomic mass is 16.6. The van der Waals surface area contributed by atoms with Crippen LogP contribution in [0.15, 0.2) is 182 Å². The molecule has 24 heteroatoms. The van der Waals surface area contributed by atoms with Crippen molar-refractivity contribution in [3.05, 3.63) is 215 Å². The molecule has 0 bridgehead atoms. The number of likely N-dealkylation sites (N-methyl/N-ethyl adjacent to an activating group) is 6. The first-order valence-corrected chi connectivity index (χ1v) is 47.9. The summed E-state index contributed by atoms with van der Waals surface area (Å²) in [5.74, 6) is -1.32. The topological polar surface area (TPSA) is 235 Å². The lowest BCUT2D eigenvalue weighted by Crippen LogP contribution is -2.51. The van der Waals surface area contributed by atoms with Gasteiger partial charge < -0.3 is 84.5 Å². The van der Waals surface area contributed by atoms with Crippen LogP contribution in [0.25, 0.3) is 0 Å². The molecule has 0 saturated heterocycles. The van der Waals surface area contributed by atoms with Crippen LogP contribution in [0.1, 0.15) is 230 Å². The van der Waals surface area contributed by atoms with Gasteiger partial charge >= 0.3 is 35.8 Å². The van der Waals surface area contributed by atoms with Gasteiger partial charge in [-0.3, -0.25) is 0 Å². The summed E-state index contributed by atoms with van der Waals surface area (Å²) in [6.07, 6.45) is 11.9. The summed E-state index contributed by atoms with van der Waals surface area (Å²) >= 11 is 0. The van der Waals surface area contributed by atoms with Crippen LogP contribution < -0.4 is 0 Å². The Bertz CT molecular complexity index is 3350. The van der Waals surface area contributed by atoms with Crippen molar-refractivity contribution >= 4 is 35.8 Å². The number of hydrogen-bond acceptors (Lipinski definition) is 18. The highest BCUT2D eigenvalue weighted by Crippen LogP contribution is 2.17. The van der Waals surface area contributed by atoms with Crippen molar-refractivity contribution in [3.8, 4) is 0 Å². The number of aliphatic hydroxyl groups excluding tert-OH is 2. The van der Waals surface area contributed by atoms with Crippen LogP contribution in [-0.2, 0) is 47.4 Å². The van der Waals surface area contributed by atoms with Gasteiger partial charge in [0.15, 0.2) is 0 Å². The van der Waals surface area contributed by atoms with Crippen molar-refractivity contribution in [2.75, 3.05) is 269 Å². The van der Waals surface area contributed by atoms with Gasteiger partial charge in [-0.2, -0.15) is 0 Å². The maximum absolute atomic E-state index is 12.0. The van der Waals surface area contributed by atoms with Gasteiger partial charge in [-0.15, -0.1) is 0 Å². The molecule has 750 valence electrons. The Morgan fingerprint density at radius 2 is 0.344 bits per heavy atom. The minimum absolute atomic E-state index is 0.211. The van der Waals surface area contributed by atoms with E-state index in [2.05, 4.69) is 144 Å². The summed E-state index contributed by atoms with van der Waals surface area (Å²) in [7, 11) is 21.2. The number of aliphatic hydroxyl groups is 2. The number of benzene rings is 6. The van der Waals surface area contributed by atoms with Crippen LogP contribution in [0.2, 0.25) is 0 Å². The molecular weight excluding hydrogens is 1660 g/mol. The molecule has 0 amide bonds. The molecular formula is C107H190N6O18+6. The Hall–Kier alpha value is -8.34. The number of hydrogen-bond donors (Lipinski definition) is 2. The van der Waals surface area contributed by atoms with E-state index in [4.69, 9.17) is 38.6 Å². The third-order valence-corrected chi connectivity index (χ3v) is 21.9. The van der Waals surface area contributed by atoms with Gasteiger partial charge in [-0.1, -0.05) is 177 Å². The monoisotopic (exact) mass is 1850 g/mol. The molecule has 0 spiro atoms. The Labute approximate surface area is 797 Å². The van der Waals surface area contributed by atoms with Crippen LogP contribution >= 0.6 is 0 Å². The molecule has 2 atom stereocenters. The zero-order valence-corrected chi connectivity index (χ0v) is 87.6. The van der Waals surface area contributed by atoms with E-state index in [1.165, 1.54) is 90.4 Å². The van der Waals surface area contributed by atoms with Gasteiger partial charge in [0, 0.05) is 71.1 Å². The lowest BCUT2D eigenvalue weighted by Gasteiger charge is -2.37. The number of esters is 6. The van der Waals surface area contributed by atoms with Crippen LogP contribution in [0, 0.1) is 0 Å². The van der Waals surface area contributed by atoms with Crippen LogP contribution in [-0.4, -0.2) is 342 Å². The second-order valence-corrected chi connectivity index (χ2v) is 32.7. The third-order valence-electron chi connectivity index (χ3n) is 21.9. The normalized spacial score (nSPS) is 11.3. The molecule has 0 aliphatic heterocycles. The van der Waals surface area contributed by atoms with Gasteiger partial charge in [0.05, 0.1) is 153 Å². The Kier molecular flexibility index (Phi) is 91.2. The quantitative estimate of drug-likeness (QED) is 0.0205. The molecule has 0 aliphatic carbocycles. The number of carbonyl (C=O) groups is 6. The van der Waals surface area contributed by atoms with E-state index in [9.17, 15) is 28.8 Å². The summed E-state index contributed by atoms with van der Waals surface area (Å²) in [6.45, 7) is 58.6. The van der Waals surface area contributed by atoms with E-state index in [-0.39, 0.29) is 35.8 Å². The Morgan fingerprint density at radius 1 is 0.206 bits per heavy atom. The minimum Gasteiger partial charge on any atom is -0.456 e. The van der Waals surface area contributed by atoms with Crippen molar-refractivity contribution in [2.45, 2.75) is 168 Å². The lowest BCUT2D eigenvalue weighted by molar-refractivity contribution is -0.926. The molecule has 0 heterocycles. The van der Waals surface area contributed by atoms with Crippen LogP contribution in [0.3, 0.4) is 0 Å². The molecule has 24 nitrogen and oxygen atoms in total. The minimum atomic E-state index is -0.246. The van der Waals surface area contributed by atoms with E-state index in [1.54, 1.807) is 130 Å². The number of methoxy groups -OCH3 is 4. The summed E-state index contributed by atoms with van der Waals surface area (Å²) in [5, 5.41) is 14.0. The standard InChI is InChI=1S/2C18H30NO2.2C17H28NO2.C15H24NO2.C12H18NO2.4C2H6O.2CH4O/c2*1-4-7-14-19(6-3,13-5-2)15-16-21-18(20)17-11-9-8-10-12-17;2*1-4-12-18(6-3,13-5-2)14-15-20-17(19)16-10-8-7-9-11-16;1-4-16(5-2,6-3)12-13-18-15(17)14-10-8-7-9-11-14;1-13(2,3)9-10-15-12(14)11-7-5-4-6-8-11;4*1-3-2;2*1-2/h2*8-12H,4-7,13-16H2,1-3H3;2*7-11H,4-6,12-15H2,1-3H3;7-11H,4-6,12-13H2,1-3H3;4-8H,9-10H2,1-3H3;4*1-2H3;2*2H,1H3/q6*+1;;;;;;. The van der Waals surface area contributed by atoms with Gasteiger partial charge in [0.1, 0.15) is 78.9 Å². The predicted molar refractivity (Wildman–Crippen MR) is 541 cm³/mol. The second-order valence-electron chi connectivity index (χ2n) is 32.7. The van der Waals surface area contributed by atoms with Gasteiger partial charge in [-0.25, -0.2) is 28.8 Å². The molecule has 0 aliphatic rings. The van der Waals surface area contributed by atoms with Gasteiger partial charge in [-0.05, 0) is 173 Å². The predicted octanol–water partition coefficient (Wildman–Crippen LogP) is 19.3. The zero-order valence-electron chi connectivity index (χ0n) is 87.6. The number of ether oxygens (including phenoxy) is 10. The number of quaternary nitrogens is 6. The summed E-state index contributed by atoms with van der Waals surface area (Å²) in [5.41, 5.74) is 3.77. The maximum atomic E-state index is 12.0. The zero-order chi connectivity index (χ0) is 100. The maximum Gasteiger partial charge on any atom is 0.338 e. The van der Waals surface area contributed by atoms with E-state index in [0.717, 1.165) is 152 Å². The van der Waals surface area contributed by atoms with Crippen LogP contribution in [0.4, 0.5) is 0 Å². The number of nitrogens with zero attached hydrogens (tertiary/aromatic N) is 6. The summed E-state index contributed by atoms with van der Waals surface area (Å²) < 4.78 is 55.3. The van der Waals surface area contributed by atoms with Crippen molar-refractivity contribution < 1.29 is 113 Å². The average Bonchev–Trinajstić information content (AvgIpc) is 0.881. The third kappa shape index (κ3) is 67.5. The smallest absolute Gasteiger partial charge is 0.338 e. The van der Waals surface area contributed by atoms with E-state index >= 15 is 0 Å². The van der Waals surface area contributed by atoms with Crippen molar-refractivity contribution in [3.63, 3.8) is 0 Å². The molecule has 0 aromatic heterocycles. The molecule has 0 fully saturated rings. The number of unbranched alkanes of at least 4 members (excludes halogenated alkanes) is 2. The number of carbonyl (C=O) groups excluding carboxylic acids is 6. The SMILES string of the molecule is CCCC[N+](CC)(CCC)CCOC(=O)c1ccccc1.CCCC[N+](CC)(CCC)CCOC(=O)c1ccccc1.CCC[N+](CC)(CCC)CCOC(=O)c1ccccc1.CCC[N+](CC)(CCC)CCOC(=O)c1ccccc1.CC[N+](CC)(CC)CCOC(=O)c1ccccc1.CO.CO.COC.COC.COC.COC.C[N+](C)(C)CCOC(=O)c1ccccc1. The Balaban J connectivity index is -0.000000346. The Morgan fingerprint density at radius 3 is 0.473 bits per heavy atom. The molecule has 2 unspecified atom stereocenters. The molecule has 0 saturated carbocycles. The average molecular weight is 1850 g/mol. The fourth-order valence-corrected chi connectivity index (χ4v) is 14.2. The highest BCUT2D eigenvalue weighted by molar-refractivity contribution is 5.91. The number of rotatable bonds is 49. The summed E-state index contributed by atoms with van der Waals surface area (Å²) in [4.78, 5) is 71.0. The van der Waals surface area contributed by atoms with Gasteiger partial charge in [0.25, 0.3) is 0 Å². The van der Waals surface area contributed by atoms with Gasteiger partial charge in [0.2, 0.25) is 0 Å². The van der Waals surface area contributed by atoms with E-state index < -0.39 is 0 Å². The first-order valence-electron chi connectivity index (χ1n) is 47.9. The van der Waals surface area contributed by atoms with E-state index in [1.807, 2.05) is 109 Å². The molecule has 6 aromatic carbocycles.